The minimum Gasteiger partial charge on any atom is -0.456 e. The lowest BCUT2D eigenvalue weighted by Crippen LogP contribution is -2.45. The molecule has 1 N–H and O–H groups in total. The normalized spacial score (nSPS) is 12.3. The monoisotopic (exact) mass is 412 g/mol. The molecule has 1 atom stereocenters. The molecular formula is C24H32N2O4. The summed E-state index contributed by atoms with van der Waals surface area (Å²) in [5.41, 5.74) is 3.03. The van der Waals surface area contributed by atoms with Crippen LogP contribution in [-0.4, -0.2) is 34.9 Å². The van der Waals surface area contributed by atoms with Crippen molar-refractivity contribution in [1.82, 2.24) is 9.88 Å². The van der Waals surface area contributed by atoms with Crippen LogP contribution in [0.3, 0.4) is 0 Å². The molecule has 0 unspecified atom stereocenters. The van der Waals surface area contributed by atoms with E-state index in [0.717, 1.165) is 24.4 Å². The van der Waals surface area contributed by atoms with Crippen molar-refractivity contribution in [2.75, 3.05) is 6.61 Å². The summed E-state index contributed by atoms with van der Waals surface area (Å²) in [6.45, 7) is 11.1. The average Bonchev–Trinajstić information content (AvgIpc) is 2.97. The van der Waals surface area contributed by atoms with Gasteiger partial charge in [-0.1, -0.05) is 51.1 Å². The Morgan fingerprint density at radius 2 is 1.73 bits per heavy atom. The van der Waals surface area contributed by atoms with Gasteiger partial charge in [0, 0.05) is 28.9 Å². The van der Waals surface area contributed by atoms with Gasteiger partial charge in [0.15, 0.2) is 6.61 Å². The number of benzene rings is 1. The number of carbonyl (C=O) groups is 3. The van der Waals surface area contributed by atoms with Gasteiger partial charge in [-0.3, -0.25) is 9.59 Å². The van der Waals surface area contributed by atoms with Gasteiger partial charge in [-0.15, -0.1) is 0 Å². The second-order valence-corrected chi connectivity index (χ2v) is 8.65. The molecule has 1 aromatic carbocycles. The van der Waals surface area contributed by atoms with E-state index < -0.39 is 17.4 Å². The number of ketones is 1. The van der Waals surface area contributed by atoms with Gasteiger partial charge in [0.25, 0.3) is 0 Å². The molecule has 0 bridgehead atoms. The summed E-state index contributed by atoms with van der Waals surface area (Å²) in [6, 6.07) is 11.2. The number of rotatable bonds is 8. The van der Waals surface area contributed by atoms with Crippen LogP contribution in [-0.2, 0) is 27.3 Å². The van der Waals surface area contributed by atoms with Crippen LogP contribution in [0.25, 0.3) is 0 Å². The maximum atomic E-state index is 12.6. The van der Waals surface area contributed by atoms with Crippen LogP contribution in [0.1, 0.15) is 55.0 Å². The minimum absolute atomic E-state index is 0.250. The summed E-state index contributed by atoms with van der Waals surface area (Å²) in [4.78, 5) is 36.8. The highest BCUT2D eigenvalue weighted by Gasteiger charge is 2.26. The van der Waals surface area contributed by atoms with Crippen molar-refractivity contribution in [3.8, 4) is 0 Å². The van der Waals surface area contributed by atoms with Gasteiger partial charge in [0.2, 0.25) is 11.7 Å². The average molecular weight is 413 g/mol. The number of aromatic nitrogens is 1. The van der Waals surface area contributed by atoms with Gasteiger partial charge in [-0.2, -0.15) is 0 Å². The molecule has 0 aliphatic rings. The Balaban J connectivity index is 1.95. The highest BCUT2D eigenvalue weighted by molar-refractivity contribution is 5.99. The number of hydrogen-bond acceptors (Lipinski definition) is 4. The van der Waals surface area contributed by atoms with Gasteiger partial charge < -0.3 is 14.6 Å². The summed E-state index contributed by atoms with van der Waals surface area (Å²) < 4.78 is 7.26. The number of Topliss-reactive ketones (excluding diaryl/α,β-unsaturated/α-hetero) is 1. The third-order valence-electron chi connectivity index (χ3n) is 5.07. The van der Waals surface area contributed by atoms with Crippen molar-refractivity contribution in [3.63, 3.8) is 0 Å². The fourth-order valence-corrected chi connectivity index (χ4v) is 3.12. The summed E-state index contributed by atoms with van der Waals surface area (Å²) in [5, 5.41) is 2.61. The number of esters is 1. The number of aryl methyl sites for hydroxylation is 2. The number of ether oxygens (including phenoxy) is 1. The van der Waals surface area contributed by atoms with Crippen molar-refractivity contribution >= 4 is 17.7 Å². The van der Waals surface area contributed by atoms with Crippen molar-refractivity contribution in [3.05, 3.63) is 58.9 Å². The van der Waals surface area contributed by atoms with Gasteiger partial charge in [-0.05, 0) is 38.8 Å². The largest absolute Gasteiger partial charge is 0.456 e. The molecule has 2 rings (SSSR count). The first-order chi connectivity index (χ1) is 14.0. The summed E-state index contributed by atoms with van der Waals surface area (Å²) in [5.74, 6) is -1.13. The van der Waals surface area contributed by atoms with Gasteiger partial charge >= 0.3 is 5.97 Å². The highest BCUT2D eigenvalue weighted by atomic mass is 16.5. The molecule has 0 spiro atoms. The van der Waals surface area contributed by atoms with Gasteiger partial charge in [-0.25, -0.2) is 4.79 Å². The number of nitrogens with zero attached hydrogens (tertiary/aromatic N) is 1. The SMILES string of the molecule is Cc1cc(C(=O)COC(=O)[C@@H](C)NC(=O)C(C)(C)C)c(C)n1CCc1ccccc1. The minimum atomic E-state index is -0.817. The Hall–Kier alpha value is -2.89. The molecule has 0 radical (unpaired) electrons. The van der Waals surface area contributed by atoms with Crippen LogP contribution in [0.15, 0.2) is 36.4 Å². The zero-order valence-corrected chi connectivity index (χ0v) is 18.7. The van der Waals surface area contributed by atoms with E-state index in [4.69, 9.17) is 4.74 Å². The lowest BCUT2D eigenvalue weighted by Gasteiger charge is -2.20. The van der Waals surface area contributed by atoms with Crippen LogP contribution in [0.4, 0.5) is 0 Å². The molecule has 0 saturated heterocycles. The van der Waals surface area contributed by atoms with Crippen LogP contribution >= 0.6 is 0 Å². The molecule has 0 fully saturated rings. The third kappa shape index (κ3) is 6.05. The van der Waals surface area contributed by atoms with E-state index in [0.29, 0.717) is 5.56 Å². The summed E-state index contributed by atoms with van der Waals surface area (Å²) >= 11 is 0. The number of carbonyl (C=O) groups excluding carboxylic acids is 3. The molecule has 6 nitrogen and oxygen atoms in total. The quantitative estimate of drug-likeness (QED) is 0.531. The first-order valence-electron chi connectivity index (χ1n) is 10.2. The molecule has 2 aromatic rings. The van der Waals surface area contributed by atoms with Crippen molar-refractivity contribution in [1.29, 1.82) is 0 Å². The fraction of sp³-hybridized carbons (Fsp3) is 0.458. The lowest BCUT2D eigenvalue weighted by atomic mass is 9.95. The van der Waals surface area contributed by atoms with Crippen LogP contribution in [0.5, 0.6) is 0 Å². The Kier molecular flexibility index (Phi) is 7.59. The van der Waals surface area contributed by atoms with E-state index in [1.165, 1.54) is 5.56 Å². The van der Waals surface area contributed by atoms with E-state index in [1.807, 2.05) is 38.1 Å². The molecule has 162 valence electrons. The van der Waals surface area contributed by atoms with Crippen molar-refractivity contribution < 1.29 is 19.1 Å². The maximum Gasteiger partial charge on any atom is 0.328 e. The zero-order valence-electron chi connectivity index (χ0n) is 18.7. The Morgan fingerprint density at radius 1 is 1.10 bits per heavy atom. The Morgan fingerprint density at radius 3 is 2.33 bits per heavy atom. The summed E-state index contributed by atoms with van der Waals surface area (Å²) in [7, 11) is 0. The second-order valence-electron chi connectivity index (χ2n) is 8.65. The van der Waals surface area contributed by atoms with E-state index in [1.54, 1.807) is 27.7 Å². The molecule has 30 heavy (non-hydrogen) atoms. The molecule has 1 amide bonds. The van der Waals surface area contributed by atoms with Crippen molar-refractivity contribution in [2.24, 2.45) is 5.41 Å². The highest BCUT2D eigenvalue weighted by Crippen LogP contribution is 2.17. The van der Waals surface area contributed by atoms with Gasteiger partial charge in [0.1, 0.15) is 6.04 Å². The lowest BCUT2D eigenvalue weighted by molar-refractivity contribution is -0.147. The van der Waals surface area contributed by atoms with Crippen LogP contribution < -0.4 is 5.32 Å². The van der Waals surface area contributed by atoms with E-state index in [-0.39, 0.29) is 18.3 Å². The Labute approximate surface area is 178 Å². The van der Waals surface area contributed by atoms with Crippen LogP contribution in [0, 0.1) is 19.3 Å². The van der Waals surface area contributed by atoms with Gasteiger partial charge in [0.05, 0.1) is 0 Å². The first-order valence-corrected chi connectivity index (χ1v) is 10.2. The number of nitrogens with one attached hydrogen (secondary N) is 1. The molecule has 6 heteroatoms. The molecule has 1 heterocycles. The van der Waals surface area contributed by atoms with Crippen LogP contribution in [0.2, 0.25) is 0 Å². The smallest absolute Gasteiger partial charge is 0.328 e. The molecular weight excluding hydrogens is 380 g/mol. The Bertz CT molecular complexity index is 907. The third-order valence-corrected chi connectivity index (χ3v) is 5.07. The molecule has 0 aliphatic heterocycles. The predicted molar refractivity (Wildman–Crippen MR) is 116 cm³/mol. The summed E-state index contributed by atoms with van der Waals surface area (Å²) in [6.07, 6.45) is 0.866. The standard InChI is InChI=1S/C24H32N2O4/c1-16-14-20(18(3)26(16)13-12-19-10-8-7-9-11-19)21(27)15-30-22(28)17(2)25-23(29)24(4,5)6/h7-11,14,17H,12-13,15H2,1-6H3,(H,25,29)/t17-/m1/s1. The molecule has 0 aliphatic carbocycles. The number of hydrogen-bond donors (Lipinski definition) is 1. The fourth-order valence-electron chi connectivity index (χ4n) is 3.12. The second kappa shape index (κ2) is 9.74. The van der Waals surface area contributed by atoms with Crippen molar-refractivity contribution in [2.45, 2.75) is 60.5 Å². The van der Waals surface area contributed by atoms with E-state index >= 15 is 0 Å². The topological polar surface area (TPSA) is 77.4 Å². The predicted octanol–water partition coefficient (Wildman–Crippen LogP) is 3.62. The number of amides is 1. The zero-order chi connectivity index (χ0) is 22.5. The molecule has 0 saturated carbocycles. The molecule has 1 aromatic heterocycles. The van der Waals surface area contributed by atoms with E-state index in [2.05, 4.69) is 22.0 Å². The first kappa shape index (κ1) is 23.4. The maximum absolute atomic E-state index is 12.6. The van der Waals surface area contributed by atoms with E-state index in [9.17, 15) is 14.4 Å².